The first-order valence-electron chi connectivity index (χ1n) is 10.2. The molecule has 1 saturated heterocycles. The zero-order valence-corrected chi connectivity index (χ0v) is 16.5. The quantitative estimate of drug-likeness (QED) is 0.813. The maximum Gasteiger partial charge on any atom is 0.270 e. The van der Waals surface area contributed by atoms with Gasteiger partial charge in [-0.1, -0.05) is 6.07 Å². The molecule has 0 radical (unpaired) electrons. The zero-order chi connectivity index (χ0) is 19.8. The lowest BCUT2D eigenvalue weighted by atomic mass is 10.0. The molecule has 2 N–H and O–H groups in total. The van der Waals surface area contributed by atoms with Gasteiger partial charge in [0.1, 0.15) is 17.3 Å². The Morgan fingerprint density at radius 2 is 2.17 bits per heavy atom. The van der Waals surface area contributed by atoms with Crippen molar-refractivity contribution in [2.24, 2.45) is 0 Å². The molecular formula is C21H25N5O3. The van der Waals surface area contributed by atoms with E-state index in [1.54, 1.807) is 0 Å². The Labute approximate surface area is 169 Å². The summed E-state index contributed by atoms with van der Waals surface area (Å²) in [5.74, 6) is 2.81. The molecule has 1 unspecified atom stereocenters. The van der Waals surface area contributed by atoms with E-state index in [1.807, 2.05) is 18.2 Å². The third kappa shape index (κ3) is 3.72. The Bertz CT molecular complexity index is 948. The van der Waals surface area contributed by atoms with Crippen LogP contribution in [0.15, 0.2) is 18.2 Å². The van der Waals surface area contributed by atoms with E-state index in [-0.39, 0.29) is 12.7 Å². The second-order valence-electron chi connectivity index (χ2n) is 7.93. The van der Waals surface area contributed by atoms with E-state index in [0.29, 0.717) is 30.5 Å². The average molecular weight is 395 g/mol. The molecule has 5 rings (SSSR count). The van der Waals surface area contributed by atoms with Crippen molar-refractivity contribution in [1.29, 1.82) is 0 Å². The molecule has 2 aromatic rings. The summed E-state index contributed by atoms with van der Waals surface area (Å²) in [5.41, 5.74) is 2.44. The Balaban J connectivity index is 1.45. The summed E-state index contributed by atoms with van der Waals surface area (Å²) in [4.78, 5) is 24.2. The van der Waals surface area contributed by atoms with E-state index in [1.165, 1.54) is 0 Å². The highest BCUT2D eigenvalue weighted by Crippen LogP contribution is 2.33. The maximum atomic E-state index is 12.5. The lowest BCUT2D eigenvalue weighted by molar-refractivity contribution is 0.0940. The number of anilines is 1. The first kappa shape index (κ1) is 18.2. The van der Waals surface area contributed by atoms with Gasteiger partial charge >= 0.3 is 0 Å². The van der Waals surface area contributed by atoms with Gasteiger partial charge in [-0.05, 0) is 50.6 Å². The monoisotopic (exact) mass is 395 g/mol. The number of likely N-dealkylation sites (tertiary alicyclic amines) is 1. The van der Waals surface area contributed by atoms with E-state index in [0.717, 1.165) is 60.8 Å². The number of rotatable bonds is 4. The fraction of sp³-hybridized carbons (Fsp3) is 0.476. The smallest absolute Gasteiger partial charge is 0.270 e. The number of amides is 1. The van der Waals surface area contributed by atoms with Gasteiger partial charge in [0.15, 0.2) is 11.5 Å². The van der Waals surface area contributed by atoms with E-state index in [2.05, 4.69) is 27.6 Å². The number of carbonyl (C=O) groups excluding carboxylic acids is 1. The number of hydrogen-bond donors (Lipinski definition) is 2. The van der Waals surface area contributed by atoms with Crippen LogP contribution in [0.3, 0.4) is 0 Å². The number of likely N-dealkylation sites (N-methyl/N-ethyl adjacent to an activating group) is 1. The van der Waals surface area contributed by atoms with Crippen molar-refractivity contribution in [3.05, 3.63) is 40.8 Å². The van der Waals surface area contributed by atoms with Gasteiger partial charge in [-0.15, -0.1) is 0 Å². The summed E-state index contributed by atoms with van der Waals surface area (Å²) in [6, 6.07) is 6.17. The van der Waals surface area contributed by atoms with Gasteiger partial charge in [-0.2, -0.15) is 0 Å². The van der Waals surface area contributed by atoms with Gasteiger partial charge in [0.2, 0.25) is 6.79 Å². The highest BCUT2D eigenvalue weighted by atomic mass is 16.7. The predicted molar refractivity (Wildman–Crippen MR) is 108 cm³/mol. The second-order valence-corrected chi connectivity index (χ2v) is 7.93. The van der Waals surface area contributed by atoms with E-state index in [9.17, 15) is 4.79 Å². The van der Waals surface area contributed by atoms with E-state index < -0.39 is 0 Å². The van der Waals surface area contributed by atoms with Gasteiger partial charge in [0, 0.05) is 31.1 Å². The minimum absolute atomic E-state index is 0.121. The van der Waals surface area contributed by atoms with Crippen molar-refractivity contribution in [2.75, 3.05) is 38.8 Å². The minimum atomic E-state index is -0.121. The standard InChI is InChI=1S/C21H25N5O3/c1-26-8-2-3-14(11-26)23-20-15-6-7-22-21(27)19(15)24-18(25-20)10-13-4-5-16-17(9-13)29-12-28-16/h4-5,9,14H,2-3,6-8,10-12H2,1H3,(H,22,27)(H,23,24,25). The molecule has 0 spiro atoms. The number of ether oxygens (including phenoxy) is 2. The van der Waals surface area contributed by atoms with Crippen molar-refractivity contribution in [3.63, 3.8) is 0 Å². The van der Waals surface area contributed by atoms with Gasteiger partial charge < -0.3 is 25.0 Å². The molecule has 8 nitrogen and oxygen atoms in total. The van der Waals surface area contributed by atoms with Gasteiger partial charge in [-0.3, -0.25) is 4.79 Å². The highest BCUT2D eigenvalue weighted by molar-refractivity contribution is 5.96. The summed E-state index contributed by atoms with van der Waals surface area (Å²) in [7, 11) is 2.14. The molecule has 1 fully saturated rings. The molecular weight excluding hydrogens is 370 g/mol. The molecule has 8 heteroatoms. The highest BCUT2D eigenvalue weighted by Gasteiger charge is 2.26. The number of nitrogens with one attached hydrogen (secondary N) is 2. The first-order chi connectivity index (χ1) is 14.2. The van der Waals surface area contributed by atoms with Crippen LogP contribution in [-0.2, 0) is 12.8 Å². The molecule has 1 atom stereocenters. The Morgan fingerprint density at radius 1 is 1.28 bits per heavy atom. The summed E-state index contributed by atoms with van der Waals surface area (Å²) < 4.78 is 10.9. The molecule has 1 amide bonds. The van der Waals surface area contributed by atoms with Crippen LogP contribution in [0.4, 0.5) is 5.82 Å². The third-order valence-electron chi connectivity index (χ3n) is 5.69. The third-order valence-corrected chi connectivity index (χ3v) is 5.69. The van der Waals surface area contributed by atoms with Crippen molar-refractivity contribution in [2.45, 2.75) is 31.7 Å². The van der Waals surface area contributed by atoms with Gasteiger partial charge in [-0.25, -0.2) is 9.97 Å². The van der Waals surface area contributed by atoms with E-state index >= 15 is 0 Å². The lowest BCUT2D eigenvalue weighted by Crippen LogP contribution is -2.41. The van der Waals surface area contributed by atoms with Crippen LogP contribution in [0, 0.1) is 0 Å². The van der Waals surface area contributed by atoms with E-state index in [4.69, 9.17) is 14.5 Å². The average Bonchev–Trinajstić information content (AvgIpc) is 3.17. The predicted octanol–water partition coefficient (Wildman–Crippen LogP) is 1.59. The summed E-state index contributed by atoms with van der Waals surface area (Å²) in [6.45, 7) is 2.97. The van der Waals surface area contributed by atoms with Crippen LogP contribution in [0.5, 0.6) is 11.5 Å². The second kappa shape index (κ2) is 7.51. The Hall–Kier alpha value is -2.87. The minimum Gasteiger partial charge on any atom is -0.454 e. The molecule has 4 heterocycles. The number of nitrogens with zero attached hydrogens (tertiary/aromatic N) is 3. The maximum absolute atomic E-state index is 12.5. The van der Waals surface area contributed by atoms with Crippen LogP contribution in [-0.4, -0.2) is 60.3 Å². The number of aromatic nitrogens is 2. The Kier molecular flexibility index (Phi) is 4.71. The molecule has 0 bridgehead atoms. The lowest BCUT2D eigenvalue weighted by Gasteiger charge is -2.31. The molecule has 3 aliphatic rings. The van der Waals surface area contributed by atoms with Crippen LogP contribution < -0.4 is 20.1 Å². The topological polar surface area (TPSA) is 88.6 Å². The molecule has 3 aliphatic heterocycles. The molecule has 29 heavy (non-hydrogen) atoms. The summed E-state index contributed by atoms with van der Waals surface area (Å²) >= 11 is 0. The summed E-state index contributed by atoms with van der Waals surface area (Å²) in [5, 5.41) is 6.51. The van der Waals surface area contributed by atoms with Crippen molar-refractivity contribution in [3.8, 4) is 11.5 Å². The number of piperidine rings is 1. The van der Waals surface area contributed by atoms with Crippen molar-refractivity contribution >= 4 is 11.7 Å². The van der Waals surface area contributed by atoms with Gasteiger partial charge in [0.05, 0.1) is 0 Å². The Morgan fingerprint density at radius 3 is 3.07 bits per heavy atom. The van der Waals surface area contributed by atoms with Crippen molar-refractivity contribution in [1.82, 2.24) is 20.2 Å². The molecule has 152 valence electrons. The van der Waals surface area contributed by atoms with Gasteiger partial charge in [0.25, 0.3) is 5.91 Å². The summed E-state index contributed by atoms with van der Waals surface area (Å²) in [6.07, 6.45) is 3.53. The number of fused-ring (bicyclic) bond motifs is 2. The molecule has 1 aromatic heterocycles. The normalized spacial score (nSPS) is 20.9. The fourth-order valence-corrected chi connectivity index (χ4v) is 4.25. The van der Waals surface area contributed by atoms with Crippen LogP contribution in [0.25, 0.3) is 0 Å². The van der Waals surface area contributed by atoms with Crippen LogP contribution >= 0.6 is 0 Å². The largest absolute Gasteiger partial charge is 0.454 e. The zero-order valence-electron chi connectivity index (χ0n) is 16.5. The molecule has 1 aromatic carbocycles. The molecule has 0 saturated carbocycles. The van der Waals surface area contributed by atoms with Crippen molar-refractivity contribution < 1.29 is 14.3 Å². The SMILES string of the molecule is CN1CCCC(Nc2nc(Cc3ccc4c(c3)OCO4)nc3c2CCNC3=O)C1. The number of hydrogen-bond acceptors (Lipinski definition) is 7. The van der Waals surface area contributed by atoms with Crippen LogP contribution in [0.2, 0.25) is 0 Å². The number of carbonyl (C=O) groups is 1. The molecule has 0 aliphatic carbocycles. The van der Waals surface area contributed by atoms with Crippen LogP contribution in [0.1, 0.15) is 40.3 Å². The fourth-order valence-electron chi connectivity index (χ4n) is 4.25. The first-order valence-corrected chi connectivity index (χ1v) is 10.2. The number of benzene rings is 1.